The molecule has 2 atom stereocenters. The summed E-state index contributed by atoms with van der Waals surface area (Å²) in [6.45, 7) is 1.67. The number of fused-ring (bicyclic) bond motifs is 2. The van der Waals surface area contributed by atoms with Crippen molar-refractivity contribution >= 4 is 22.6 Å². The van der Waals surface area contributed by atoms with Crippen LogP contribution in [0.5, 0.6) is 0 Å². The maximum Gasteiger partial charge on any atom is 0.258 e. The van der Waals surface area contributed by atoms with Crippen molar-refractivity contribution in [2.24, 2.45) is 11.3 Å². The number of H-pyrrole nitrogens is 1. The van der Waals surface area contributed by atoms with Gasteiger partial charge in [-0.05, 0) is 29.0 Å². The monoisotopic (exact) mass is 310 g/mol. The van der Waals surface area contributed by atoms with Crippen molar-refractivity contribution in [3.8, 4) is 0 Å². The molecule has 14 heavy (non-hydrogen) atoms. The second-order valence-corrected chi connectivity index (χ2v) is 5.47. The van der Waals surface area contributed by atoms with Gasteiger partial charge in [0, 0.05) is 29.0 Å². The fraction of sp³-hybridized carbons (Fsp3) is 0.667. The largest absolute Gasteiger partial charge is 0.281 e. The summed E-state index contributed by atoms with van der Waals surface area (Å²) in [7, 11) is 0. The summed E-state index contributed by atoms with van der Waals surface area (Å²) in [4.78, 5) is 0. The van der Waals surface area contributed by atoms with E-state index in [9.17, 15) is 8.78 Å². The first-order valence-electron chi connectivity index (χ1n) is 4.56. The summed E-state index contributed by atoms with van der Waals surface area (Å²) < 4.78 is 27.7. The number of nitrogens with one attached hydrogen (secondary N) is 1. The van der Waals surface area contributed by atoms with E-state index in [0.717, 1.165) is 15.0 Å². The number of alkyl halides is 2. The second-order valence-electron chi connectivity index (χ2n) is 4.45. The number of halogens is 3. The van der Waals surface area contributed by atoms with Gasteiger partial charge in [0.1, 0.15) is 3.70 Å². The first kappa shape index (κ1) is 9.06. The Bertz CT molecular complexity index is 415. The number of rotatable bonds is 0. The van der Waals surface area contributed by atoms with E-state index in [2.05, 4.69) is 32.8 Å². The van der Waals surface area contributed by atoms with E-state index in [1.165, 1.54) is 0 Å². The molecule has 1 aromatic rings. The van der Waals surface area contributed by atoms with Crippen LogP contribution in [0.3, 0.4) is 0 Å². The molecule has 0 bridgehead atoms. The summed E-state index contributed by atoms with van der Waals surface area (Å²) in [5.41, 5.74) is 1.10. The lowest BCUT2D eigenvalue weighted by Gasteiger charge is -2.14. The highest BCUT2D eigenvalue weighted by molar-refractivity contribution is 14.1. The van der Waals surface area contributed by atoms with Gasteiger partial charge in [0.05, 0.1) is 0 Å². The van der Waals surface area contributed by atoms with Gasteiger partial charge in [0.15, 0.2) is 0 Å². The minimum absolute atomic E-state index is 0.440. The van der Waals surface area contributed by atoms with Crippen LogP contribution in [0, 0.1) is 15.0 Å². The smallest absolute Gasteiger partial charge is 0.258 e. The van der Waals surface area contributed by atoms with Crippen molar-refractivity contribution in [2.75, 3.05) is 0 Å². The van der Waals surface area contributed by atoms with Crippen LogP contribution in [-0.2, 0) is 12.8 Å². The molecule has 1 aromatic heterocycles. The average Bonchev–Trinajstić information content (AvgIpc) is 2.42. The maximum atomic E-state index is 13.4. The van der Waals surface area contributed by atoms with Crippen LogP contribution in [0.4, 0.5) is 8.78 Å². The summed E-state index contributed by atoms with van der Waals surface area (Å²) in [6, 6.07) is 0. The Morgan fingerprint density at radius 1 is 1.57 bits per heavy atom. The van der Waals surface area contributed by atoms with Gasteiger partial charge in [0.2, 0.25) is 0 Å². The number of hydrogen-bond donors (Lipinski definition) is 1. The van der Waals surface area contributed by atoms with E-state index in [1.807, 2.05) is 0 Å². The summed E-state index contributed by atoms with van der Waals surface area (Å²) in [5.74, 6) is -2.94. The van der Waals surface area contributed by atoms with Crippen LogP contribution in [0.2, 0.25) is 0 Å². The fourth-order valence-corrected chi connectivity index (χ4v) is 3.24. The van der Waals surface area contributed by atoms with E-state index >= 15 is 0 Å². The van der Waals surface area contributed by atoms with Crippen molar-refractivity contribution in [1.82, 2.24) is 10.2 Å². The summed E-state index contributed by atoms with van der Waals surface area (Å²) in [5, 5.41) is 6.90. The molecule has 1 N–H and O–H groups in total. The fourth-order valence-electron chi connectivity index (χ4n) is 2.57. The molecule has 1 fully saturated rings. The lowest BCUT2D eigenvalue weighted by atomic mass is 9.89. The third-order valence-corrected chi connectivity index (χ3v) is 4.63. The Kier molecular flexibility index (Phi) is 1.49. The van der Waals surface area contributed by atoms with Gasteiger partial charge < -0.3 is 0 Å². The second kappa shape index (κ2) is 2.31. The van der Waals surface area contributed by atoms with Gasteiger partial charge in [0.25, 0.3) is 5.92 Å². The van der Waals surface area contributed by atoms with Crippen LogP contribution < -0.4 is 0 Å². The van der Waals surface area contributed by atoms with Crippen LogP contribution in [0.1, 0.15) is 18.2 Å². The molecule has 2 aliphatic carbocycles. The molecule has 0 unspecified atom stereocenters. The predicted molar refractivity (Wildman–Crippen MR) is 55.3 cm³/mol. The standard InChI is InChI=1S/C9H9F2IN2/c1-8-3-5-4(7(12)14-13-5)2-6(8)9(8,10)11/h6H,2-3H2,1H3,(H,13,14)/t6-,8+/m0/s1. The van der Waals surface area contributed by atoms with Crippen LogP contribution in [0.25, 0.3) is 0 Å². The van der Waals surface area contributed by atoms with Crippen LogP contribution in [-0.4, -0.2) is 16.1 Å². The third kappa shape index (κ3) is 0.827. The van der Waals surface area contributed by atoms with Crippen LogP contribution >= 0.6 is 22.6 Å². The molecule has 0 aromatic carbocycles. The van der Waals surface area contributed by atoms with Gasteiger partial charge in [-0.2, -0.15) is 5.10 Å². The average molecular weight is 310 g/mol. The minimum atomic E-state index is -2.48. The minimum Gasteiger partial charge on any atom is -0.281 e. The lowest BCUT2D eigenvalue weighted by molar-refractivity contribution is 0.0631. The molecule has 2 nitrogen and oxygen atoms in total. The Morgan fingerprint density at radius 2 is 2.29 bits per heavy atom. The van der Waals surface area contributed by atoms with Crippen molar-refractivity contribution in [3.05, 3.63) is 15.0 Å². The van der Waals surface area contributed by atoms with E-state index in [0.29, 0.717) is 12.8 Å². The molecule has 1 heterocycles. The highest BCUT2D eigenvalue weighted by atomic mass is 127. The Hall–Kier alpha value is -0.200. The third-order valence-electron chi connectivity index (χ3n) is 3.74. The first-order valence-corrected chi connectivity index (χ1v) is 5.64. The number of nitrogens with zero attached hydrogens (tertiary/aromatic N) is 1. The molecule has 0 aliphatic heterocycles. The van der Waals surface area contributed by atoms with Gasteiger partial charge in [-0.15, -0.1) is 0 Å². The molecule has 3 rings (SSSR count). The molecule has 1 saturated carbocycles. The Labute approximate surface area is 93.6 Å². The van der Waals surface area contributed by atoms with Crippen molar-refractivity contribution in [2.45, 2.75) is 25.7 Å². The number of aromatic amines is 1. The Morgan fingerprint density at radius 3 is 3.00 bits per heavy atom. The SMILES string of the molecule is C[C@@]12Cc3[nH]nc(I)c3C[C@@H]1C2(F)F. The molecule has 5 heteroatoms. The summed E-state index contributed by atoms with van der Waals surface area (Å²) >= 11 is 2.10. The van der Waals surface area contributed by atoms with Crippen LogP contribution in [0.15, 0.2) is 0 Å². The zero-order valence-corrected chi connectivity index (χ0v) is 9.73. The molecule has 2 aliphatic rings. The molecule has 0 radical (unpaired) electrons. The molecule has 0 saturated heterocycles. The molecular weight excluding hydrogens is 301 g/mol. The summed E-state index contributed by atoms with van der Waals surface area (Å²) in [6.07, 6.45) is 0.920. The van der Waals surface area contributed by atoms with Gasteiger partial charge in [-0.1, -0.05) is 6.92 Å². The van der Waals surface area contributed by atoms with Gasteiger partial charge in [-0.3, -0.25) is 5.10 Å². The highest BCUT2D eigenvalue weighted by Gasteiger charge is 2.78. The van der Waals surface area contributed by atoms with Gasteiger partial charge in [-0.25, -0.2) is 8.78 Å². The zero-order chi connectivity index (χ0) is 10.1. The maximum absolute atomic E-state index is 13.4. The first-order chi connectivity index (χ1) is 6.47. The van der Waals surface area contributed by atoms with Gasteiger partial charge >= 0.3 is 0 Å². The number of hydrogen-bond acceptors (Lipinski definition) is 1. The topological polar surface area (TPSA) is 28.7 Å². The number of aromatic nitrogens is 2. The lowest BCUT2D eigenvalue weighted by Crippen LogP contribution is -2.14. The van der Waals surface area contributed by atoms with Crippen molar-refractivity contribution in [1.29, 1.82) is 0 Å². The highest BCUT2D eigenvalue weighted by Crippen LogP contribution is 2.70. The normalized spacial score (nSPS) is 37.6. The zero-order valence-electron chi connectivity index (χ0n) is 7.57. The molecule has 76 valence electrons. The van der Waals surface area contributed by atoms with E-state index in [4.69, 9.17) is 0 Å². The van der Waals surface area contributed by atoms with E-state index in [1.54, 1.807) is 6.92 Å². The van der Waals surface area contributed by atoms with Crippen molar-refractivity contribution in [3.63, 3.8) is 0 Å². The molecule has 0 spiro atoms. The van der Waals surface area contributed by atoms with E-state index in [-0.39, 0.29) is 0 Å². The molecule has 0 amide bonds. The van der Waals surface area contributed by atoms with Crippen molar-refractivity contribution < 1.29 is 8.78 Å². The van der Waals surface area contributed by atoms with E-state index < -0.39 is 17.3 Å². The predicted octanol–water partition coefficient (Wildman–Crippen LogP) is 2.38. The molecular formula is C9H9F2IN2. The Balaban J connectivity index is 2.05. The quantitative estimate of drug-likeness (QED) is 0.732.